The minimum Gasteiger partial charge on any atom is -0.381 e. The fourth-order valence-corrected chi connectivity index (χ4v) is 1.17. The Bertz CT molecular complexity index is 287. The standard InChI is InChI=1S/C11H14O2/c1-3-9-4-6-10(7-5-9)11(13)8(2)12/h4-7,11,13H,3H2,1-2H3. The van der Waals surface area contributed by atoms with Gasteiger partial charge < -0.3 is 5.11 Å². The summed E-state index contributed by atoms with van der Waals surface area (Å²) in [5, 5.41) is 9.41. The summed E-state index contributed by atoms with van der Waals surface area (Å²) >= 11 is 0. The van der Waals surface area contributed by atoms with E-state index in [0.717, 1.165) is 6.42 Å². The molecule has 13 heavy (non-hydrogen) atoms. The fraction of sp³-hybridized carbons (Fsp3) is 0.364. The summed E-state index contributed by atoms with van der Waals surface area (Å²) < 4.78 is 0. The molecule has 0 aliphatic rings. The number of ketones is 1. The number of aliphatic hydroxyl groups excluding tert-OH is 1. The van der Waals surface area contributed by atoms with Crippen molar-refractivity contribution in [1.82, 2.24) is 0 Å². The van der Waals surface area contributed by atoms with Crippen LogP contribution in [0.5, 0.6) is 0 Å². The molecule has 0 aromatic heterocycles. The van der Waals surface area contributed by atoms with E-state index in [2.05, 4.69) is 6.92 Å². The normalized spacial score (nSPS) is 12.5. The lowest BCUT2D eigenvalue weighted by Crippen LogP contribution is -2.07. The van der Waals surface area contributed by atoms with E-state index in [1.54, 1.807) is 12.1 Å². The third-order valence-corrected chi connectivity index (χ3v) is 2.09. The lowest BCUT2D eigenvalue weighted by molar-refractivity contribution is -0.125. The number of rotatable bonds is 3. The molecule has 0 heterocycles. The van der Waals surface area contributed by atoms with Crippen molar-refractivity contribution in [2.75, 3.05) is 0 Å². The number of benzene rings is 1. The molecule has 0 bridgehead atoms. The second kappa shape index (κ2) is 4.19. The molecule has 2 nitrogen and oxygen atoms in total. The first-order chi connectivity index (χ1) is 6.15. The lowest BCUT2D eigenvalue weighted by Gasteiger charge is -2.07. The van der Waals surface area contributed by atoms with Crippen LogP contribution in [0.3, 0.4) is 0 Å². The van der Waals surface area contributed by atoms with Crippen LogP contribution in [-0.4, -0.2) is 10.9 Å². The molecule has 0 amide bonds. The maximum atomic E-state index is 10.8. The molecule has 0 saturated carbocycles. The molecule has 70 valence electrons. The summed E-state index contributed by atoms with van der Waals surface area (Å²) in [6.45, 7) is 3.45. The van der Waals surface area contributed by atoms with E-state index in [1.807, 2.05) is 12.1 Å². The first-order valence-corrected chi connectivity index (χ1v) is 4.42. The number of carbonyl (C=O) groups is 1. The number of aliphatic hydroxyl groups is 1. The van der Waals surface area contributed by atoms with Gasteiger partial charge in [0.25, 0.3) is 0 Å². The van der Waals surface area contributed by atoms with Crippen LogP contribution in [-0.2, 0) is 11.2 Å². The van der Waals surface area contributed by atoms with Crippen LogP contribution in [0.2, 0.25) is 0 Å². The van der Waals surface area contributed by atoms with Gasteiger partial charge in [-0.15, -0.1) is 0 Å². The molecule has 1 unspecified atom stereocenters. The highest BCUT2D eigenvalue weighted by molar-refractivity contribution is 5.81. The highest BCUT2D eigenvalue weighted by Crippen LogP contribution is 2.14. The van der Waals surface area contributed by atoms with Gasteiger partial charge in [-0.25, -0.2) is 0 Å². The molecule has 1 aromatic rings. The number of hydrogen-bond acceptors (Lipinski definition) is 2. The van der Waals surface area contributed by atoms with Crippen molar-refractivity contribution >= 4 is 5.78 Å². The van der Waals surface area contributed by atoms with Gasteiger partial charge in [0.2, 0.25) is 0 Å². The number of carbonyl (C=O) groups excluding carboxylic acids is 1. The summed E-state index contributed by atoms with van der Waals surface area (Å²) in [4.78, 5) is 10.8. The molecular formula is C11H14O2. The van der Waals surface area contributed by atoms with Gasteiger partial charge in [-0.1, -0.05) is 31.2 Å². The van der Waals surface area contributed by atoms with Crippen molar-refractivity contribution in [1.29, 1.82) is 0 Å². The van der Waals surface area contributed by atoms with Crippen LogP contribution in [0.1, 0.15) is 31.1 Å². The van der Waals surface area contributed by atoms with Crippen LogP contribution < -0.4 is 0 Å². The van der Waals surface area contributed by atoms with E-state index in [0.29, 0.717) is 5.56 Å². The van der Waals surface area contributed by atoms with Crippen LogP contribution >= 0.6 is 0 Å². The molecule has 1 atom stereocenters. The summed E-state index contributed by atoms with van der Waals surface area (Å²) in [6, 6.07) is 7.46. The van der Waals surface area contributed by atoms with Gasteiger partial charge in [-0.05, 0) is 24.5 Å². The Balaban J connectivity index is 2.85. The van der Waals surface area contributed by atoms with Crippen LogP contribution in [0.25, 0.3) is 0 Å². The summed E-state index contributed by atoms with van der Waals surface area (Å²) in [5.41, 5.74) is 1.88. The second-order valence-corrected chi connectivity index (χ2v) is 3.11. The molecule has 0 saturated heterocycles. The zero-order valence-corrected chi connectivity index (χ0v) is 7.95. The Kier molecular flexibility index (Phi) is 3.20. The highest BCUT2D eigenvalue weighted by atomic mass is 16.3. The lowest BCUT2D eigenvalue weighted by atomic mass is 10.0. The Hall–Kier alpha value is -1.15. The van der Waals surface area contributed by atoms with Gasteiger partial charge in [0.1, 0.15) is 6.10 Å². The molecule has 2 heteroatoms. The monoisotopic (exact) mass is 178 g/mol. The third-order valence-electron chi connectivity index (χ3n) is 2.09. The molecule has 0 aliphatic carbocycles. The highest BCUT2D eigenvalue weighted by Gasteiger charge is 2.11. The van der Waals surface area contributed by atoms with Gasteiger partial charge >= 0.3 is 0 Å². The minimum atomic E-state index is -0.967. The van der Waals surface area contributed by atoms with E-state index >= 15 is 0 Å². The molecule has 0 radical (unpaired) electrons. The SMILES string of the molecule is CCc1ccc(C(O)C(C)=O)cc1. The Labute approximate surface area is 78.2 Å². The molecule has 0 aliphatic heterocycles. The zero-order chi connectivity index (χ0) is 9.84. The van der Waals surface area contributed by atoms with Gasteiger partial charge in [-0.3, -0.25) is 4.79 Å². The fourth-order valence-electron chi connectivity index (χ4n) is 1.17. The van der Waals surface area contributed by atoms with Crippen LogP contribution in [0.15, 0.2) is 24.3 Å². The maximum absolute atomic E-state index is 10.8. The average Bonchev–Trinajstić information content (AvgIpc) is 2.17. The van der Waals surface area contributed by atoms with Crippen LogP contribution in [0.4, 0.5) is 0 Å². The van der Waals surface area contributed by atoms with Crippen molar-refractivity contribution in [3.8, 4) is 0 Å². The zero-order valence-electron chi connectivity index (χ0n) is 7.95. The van der Waals surface area contributed by atoms with Crippen molar-refractivity contribution in [3.63, 3.8) is 0 Å². The first-order valence-electron chi connectivity index (χ1n) is 4.42. The summed E-state index contributed by atoms with van der Waals surface area (Å²) in [5.74, 6) is -0.218. The topological polar surface area (TPSA) is 37.3 Å². The number of Topliss-reactive ketones (excluding diaryl/α,β-unsaturated/α-hetero) is 1. The van der Waals surface area contributed by atoms with Gasteiger partial charge in [0, 0.05) is 0 Å². The number of aryl methyl sites for hydroxylation is 1. The van der Waals surface area contributed by atoms with E-state index < -0.39 is 6.10 Å². The summed E-state index contributed by atoms with van der Waals surface area (Å²) in [6.07, 6.45) is 0.00194. The van der Waals surface area contributed by atoms with Crippen LogP contribution in [0, 0.1) is 0 Å². The van der Waals surface area contributed by atoms with E-state index in [9.17, 15) is 9.90 Å². The smallest absolute Gasteiger partial charge is 0.162 e. The molecule has 0 fully saturated rings. The largest absolute Gasteiger partial charge is 0.381 e. The van der Waals surface area contributed by atoms with Crippen molar-refractivity contribution in [2.45, 2.75) is 26.4 Å². The van der Waals surface area contributed by atoms with E-state index in [-0.39, 0.29) is 5.78 Å². The first kappa shape index (κ1) is 9.93. The molecule has 0 spiro atoms. The van der Waals surface area contributed by atoms with Crippen molar-refractivity contribution < 1.29 is 9.90 Å². The molecule has 1 rings (SSSR count). The molecule has 1 aromatic carbocycles. The average molecular weight is 178 g/mol. The minimum absolute atomic E-state index is 0.218. The predicted molar refractivity (Wildman–Crippen MR) is 51.5 cm³/mol. The van der Waals surface area contributed by atoms with E-state index in [4.69, 9.17) is 0 Å². The van der Waals surface area contributed by atoms with E-state index in [1.165, 1.54) is 12.5 Å². The van der Waals surface area contributed by atoms with Crippen molar-refractivity contribution in [2.24, 2.45) is 0 Å². The quantitative estimate of drug-likeness (QED) is 0.767. The third kappa shape index (κ3) is 2.39. The van der Waals surface area contributed by atoms with Gasteiger partial charge in [0.15, 0.2) is 5.78 Å². The predicted octanol–water partition coefficient (Wildman–Crippen LogP) is 1.87. The number of hydrogen-bond donors (Lipinski definition) is 1. The maximum Gasteiger partial charge on any atom is 0.162 e. The van der Waals surface area contributed by atoms with Crippen molar-refractivity contribution in [3.05, 3.63) is 35.4 Å². The Morgan fingerprint density at radius 1 is 1.38 bits per heavy atom. The Morgan fingerprint density at radius 2 is 1.92 bits per heavy atom. The second-order valence-electron chi connectivity index (χ2n) is 3.11. The Morgan fingerprint density at radius 3 is 2.31 bits per heavy atom. The molecular weight excluding hydrogens is 164 g/mol. The van der Waals surface area contributed by atoms with Gasteiger partial charge in [0.05, 0.1) is 0 Å². The van der Waals surface area contributed by atoms with Gasteiger partial charge in [-0.2, -0.15) is 0 Å². The molecule has 1 N–H and O–H groups in total. The summed E-state index contributed by atoms with van der Waals surface area (Å²) in [7, 11) is 0.